The number of ether oxygens (including phenoxy) is 4. The van der Waals surface area contributed by atoms with Crippen LogP contribution in [0.1, 0.15) is 25.0 Å². The van der Waals surface area contributed by atoms with E-state index in [2.05, 4.69) is 4.99 Å². The largest absolute Gasteiger partial charge is 0.493 e. The Kier molecular flexibility index (Phi) is 5.74. The van der Waals surface area contributed by atoms with Crippen molar-refractivity contribution in [3.8, 4) is 17.2 Å². The van der Waals surface area contributed by atoms with Gasteiger partial charge in [-0.3, -0.25) is 4.79 Å². The highest BCUT2D eigenvalue weighted by Gasteiger charge is 2.26. The van der Waals surface area contributed by atoms with Gasteiger partial charge in [0.05, 0.1) is 19.3 Å². The van der Waals surface area contributed by atoms with Gasteiger partial charge in [0.15, 0.2) is 17.2 Å². The summed E-state index contributed by atoms with van der Waals surface area (Å²) in [5, 5.41) is 0. The Morgan fingerprint density at radius 2 is 1.93 bits per heavy atom. The lowest BCUT2D eigenvalue weighted by Crippen LogP contribution is -2.07. The van der Waals surface area contributed by atoms with Crippen LogP contribution in [0.2, 0.25) is 0 Å². The van der Waals surface area contributed by atoms with Crippen LogP contribution in [0.4, 0.5) is 0 Å². The topological polar surface area (TPSA) is 83.4 Å². The van der Waals surface area contributed by atoms with Crippen molar-refractivity contribution in [3.05, 3.63) is 59.3 Å². The predicted octanol–water partition coefficient (Wildman–Crippen LogP) is 3.36. The monoisotopic (exact) mass is 381 g/mol. The highest BCUT2D eigenvalue weighted by atomic mass is 16.6. The number of rotatable bonds is 6. The first-order valence-corrected chi connectivity index (χ1v) is 8.63. The van der Waals surface area contributed by atoms with E-state index in [1.807, 2.05) is 19.1 Å². The lowest BCUT2D eigenvalue weighted by Gasteiger charge is -2.08. The van der Waals surface area contributed by atoms with Crippen molar-refractivity contribution in [2.45, 2.75) is 13.8 Å². The Morgan fingerprint density at radius 1 is 1.14 bits per heavy atom. The van der Waals surface area contributed by atoms with E-state index in [0.29, 0.717) is 35.0 Å². The Hall–Kier alpha value is -3.61. The zero-order chi connectivity index (χ0) is 20.1. The Balaban J connectivity index is 1.93. The molecule has 2 aromatic carbocycles. The van der Waals surface area contributed by atoms with Crippen LogP contribution >= 0.6 is 0 Å². The second-order valence-electron chi connectivity index (χ2n) is 5.77. The maximum Gasteiger partial charge on any atom is 0.363 e. The molecule has 0 aliphatic carbocycles. The summed E-state index contributed by atoms with van der Waals surface area (Å²) >= 11 is 0. The molecular weight excluding hydrogens is 362 g/mol. The summed E-state index contributed by atoms with van der Waals surface area (Å²) in [4.78, 5) is 27.7. The van der Waals surface area contributed by atoms with E-state index in [4.69, 9.17) is 18.9 Å². The molecule has 1 heterocycles. The normalized spacial score (nSPS) is 14.5. The first-order chi connectivity index (χ1) is 13.5. The fraction of sp³-hybridized carbons (Fsp3) is 0.190. The van der Waals surface area contributed by atoms with Crippen molar-refractivity contribution < 1.29 is 28.5 Å². The molecule has 7 heteroatoms. The minimum absolute atomic E-state index is 0.142. The summed E-state index contributed by atoms with van der Waals surface area (Å²) in [6.07, 6.45) is 1.57. The van der Waals surface area contributed by atoms with Gasteiger partial charge in [-0.15, -0.1) is 0 Å². The molecule has 3 rings (SSSR count). The Morgan fingerprint density at radius 3 is 2.64 bits per heavy atom. The third-order valence-corrected chi connectivity index (χ3v) is 3.78. The molecule has 0 spiro atoms. The van der Waals surface area contributed by atoms with Gasteiger partial charge >= 0.3 is 11.9 Å². The molecule has 2 aromatic rings. The molecule has 1 aliphatic heterocycles. The molecule has 0 atom stereocenters. The van der Waals surface area contributed by atoms with Crippen LogP contribution in [0.3, 0.4) is 0 Å². The zero-order valence-electron chi connectivity index (χ0n) is 15.7. The third kappa shape index (κ3) is 4.20. The lowest BCUT2D eigenvalue weighted by atomic mass is 10.1. The van der Waals surface area contributed by atoms with E-state index in [1.165, 1.54) is 14.0 Å². The van der Waals surface area contributed by atoms with Gasteiger partial charge in [-0.25, -0.2) is 9.79 Å². The summed E-state index contributed by atoms with van der Waals surface area (Å²) < 4.78 is 21.2. The van der Waals surface area contributed by atoms with Crippen molar-refractivity contribution in [1.29, 1.82) is 0 Å². The standard InChI is InChI=1S/C21H19NO6/c1-4-26-17-8-6-5-7-15(17)20-22-16(21(24)28-20)11-14-9-10-18(27-13(2)23)19(12-14)25-3/h5-12H,4H2,1-3H3/b16-11+. The maximum atomic E-state index is 12.3. The summed E-state index contributed by atoms with van der Waals surface area (Å²) in [6, 6.07) is 12.1. The van der Waals surface area contributed by atoms with Gasteiger partial charge in [-0.2, -0.15) is 0 Å². The van der Waals surface area contributed by atoms with Crippen LogP contribution in [0, 0.1) is 0 Å². The quantitative estimate of drug-likeness (QED) is 0.433. The molecular formula is C21H19NO6. The van der Waals surface area contributed by atoms with Crippen LogP contribution in [-0.2, 0) is 14.3 Å². The molecule has 0 radical (unpaired) electrons. The molecule has 0 saturated heterocycles. The lowest BCUT2D eigenvalue weighted by molar-refractivity contribution is -0.132. The van der Waals surface area contributed by atoms with E-state index >= 15 is 0 Å². The highest BCUT2D eigenvalue weighted by Crippen LogP contribution is 2.30. The number of benzene rings is 2. The van der Waals surface area contributed by atoms with Gasteiger partial charge < -0.3 is 18.9 Å². The summed E-state index contributed by atoms with van der Waals surface area (Å²) in [7, 11) is 1.46. The molecule has 0 amide bonds. The second kappa shape index (κ2) is 8.39. The highest BCUT2D eigenvalue weighted by molar-refractivity contribution is 6.13. The molecule has 0 unspecified atom stereocenters. The minimum atomic E-state index is -0.565. The van der Waals surface area contributed by atoms with Gasteiger partial charge in [0, 0.05) is 6.92 Å². The van der Waals surface area contributed by atoms with Crippen molar-refractivity contribution in [3.63, 3.8) is 0 Å². The molecule has 0 fully saturated rings. The number of esters is 2. The van der Waals surface area contributed by atoms with E-state index in [9.17, 15) is 9.59 Å². The number of para-hydroxylation sites is 1. The van der Waals surface area contributed by atoms with E-state index in [-0.39, 0.29) is 11.6 Å². The van der Waals surface area contributed by atoms with Crippen LogP contribution in [-0.4, -0.2) is 31.6 Å². The third-order valence-electron chi connectivity index (χ3n) is 3.78. The van der Waals surface area contributed by atoms with Crippen LogP contribution in [0.25, 0.3) is 6.08 Å². The molecule has 0 N–H and O–H groups in total. The molecule has 1 aliphatic rings. The fourth-order valence-corrected chi connectivity index (χ4v) is 2.62. The number of carbonyl (C=O) groups is 2. The number of carbonyl (C=O) groups excluding carboxylic acids is 2. The van der Waals surface area contributed by atoms with Gasteiger partial charge in [0.1, 0.15) is 5.75 Å². The summed E-state index contributed by atoms with van der Waals surface area (Å²) in [6.45, 7) is 3.66. The molecule has 0 bridgehead atoms. The van der Waals surface area contributed by atoms with E-state index < -0.39 is 11.9 Å². The van der Waals surface area contributed by atoms with Gasteiger partial charge in [-0.1, -0.05) is 18.2 Å². The average molecular weight is 381 g/mol. The van der Waals surface area contributed by atoms with Crippen LogP contribution < -0.4 is 14.2 Å². The van der Waals surface area contributed by atoms with Gasteiger partial charge in [-0.05, 0) is 42.8 Å². The van der Waals surface area contributed by atoms with Crippen molar-refractivity contribution >= 4 is 23.9 Å². The summed E-state index contributed by atoms with van der Waals surface area (Å²) in [5.74, 6) is 0.409. The minimum Gasteiger partial charge on any atom is -0.493 e. The maximum absolute atomic E-state index is 12.3. The number of hydrogen-bond acceptors (Lipinski definition) is 7. The first-order valence-electron chi connectivity index (χ1n) is 8.63. The number of hydrogen-bond donors (Lipinski definition) is 0. The van der Waals surface area contributed by atoms with E-state index in [1.54, 1.807) is 36.4 Å². The molecule has 0 aromatic heterocycles. The Bertz CT molecular complexity index is 977. The van der Waals surface area contributed by atoms with Crippen LogP contribution in [0.5, 0.6) is 17.2 Å². The second-order valence-corrected chi connectivity index (χ2v) is 5.77. The smallest absolute Gasteiger partial charge is 0.363 e. The molecule has 7 nitrogen and oxygen atoms in total. The molecule has 144 valence electrons. The number of nitrogens with zero attached hydrogens (tertiary/aromatic N) is 1. The number of cyclic esters (lactones) is 1. The van der Waals surface area contributed by atoms with E-state index in [0.717, 1.165) is 0 Å². The number of methoxy groups -OCH3 is 1. The SMILES string of the molecule is CCOc1ccccc1C1=N/C(=C/c2ccc(OC(C)=O)c(OC)c2)C(=O)O1. The average Bonchev–Trinajstić information content (AvgIpc) is 3.03. The van der Waals surface area contributed by atoms with Crippen molar-refractivity contribution in [2.24, 2.45) is 4.99 Å². The van der Waals surface area contributed by atoms with Crippen molar-refractivity contribution in [1.82, 2.24) is 0 Å². The van der Waals surface area contributed by atoms with Gasteiger partial charge in [0.25, 0.3) is 0 Å². The van der Waals surface area contributed by atoms with Crippen molar-refractivity contribution in [2.75, 3.05) is 13.7 Å². The molecule has 28 heavy (non-hydrogen) atoms. The predicted molar refractivity (Wildman–Crippen MR) is 103 cm³/mol. The molecule has 0 saturated carbocycles. The fourth-order valence-electron chi connectivity index (χ4n) is 2.62. The van der Waals surface area contributed by atoms with Crippen LogP contribution in [0.15, 0.2) is 53.2 Å². The first kappa shape index (κ1) is 19.2. The zero-order valence-corrected chi connectivity index (χ0v) is 15.7. The Labute approximate surface area is 162 Å². The summed E-state index contributed by atoms with van der Waals surface area (Å²) in [5.41, 5.74) is 1.38. The number of aliphatic imine (C=N–C) groups is 1. The van der Waals surface area contributed by atoms with Gasteiger partial charge in [0.2, 0.25) is 5.90 Å².